The average Bonchev–Trinajstić information content (AvgIpc) is 2.05. The maximum absolute atomic E-state index is 10.2. The second-order valence-corrected chi connectivity index (χ2v) is 2.65. The largest absolute Gasteiger partial charge is 0.481 e. The molecule has 70 valence electrons. The fourth-order valence-electron chi connectivity index (χ4n) is 0.821. The molecule has 0 saturated heterocycles. The van der Waals surface area contributed by atoms with E-state index in [1.807, 2.05) is 11.8 Å². The van der Waals surface area contributed by atoms with Crippen molar-refractivity contribution >= 4 is 17.6 Å². The number of hydrogen-bond acceptors (Lipinski definition) is 2. The molecule has 0 aromatic carbocycles. The molecule has 0 saturated carbocycles. The second-order valence-electron chi connectivity index (χ2n) is 2.40. The van der Waals surface area contributed by atoms with E-state index in [1.165, 1.54) is 5.54 Å². The van der Waals surface area contributed by atoms with E-state index >= 15 is 0 Å². The zero-order valence-electron chi connectivity index (χ0n) is 7.16. The average molecular weight is 192 g/mol. The van der Waals surface area contributed by atoms with Crippen LogP contribution in [-0.2, 0) is 4.79 Å². The lowest BCUT2D eigenvalue weighted by Crippen LogP contribution is -2.26. The van der Waals surface area contributed by atoms with Gasteiger partial charge in [-0.2, -0.15) is 0 Å². The van der Waals surface area contributed by atoms with E-state index in [0.717, 1.165) is 6.54 Å². The van der Waals surface area contributed by atoms with Gasteiger partial charge < -0.3 is 5.11 Å². The summed E-state index contributed by atoms with van der Waals surface area (Å²) < 4.78 is 0. The van der Waals surface area contributed by atoms with E-state index in [4.69, 9.17) is 16.7 Å². The van der Waals surface area contributed by atoms with Crippen LogP contribution in [0.4, 0.5) is 0 Å². The lowest BCUT2D eigenvalue weighted by molar-refractivity contribution is -0.137. The predicted octanol–water partition coefficient (Wildman–Crippen LogP) is 1.54. The van der Waals surface area contributed by atoms with Crippen LogP contribution in [0.15, 0.2) is 11.6 Å². The van der Waals surface area contributed by atoms with Crippen LogP contribution in [0.2, 0.25) is 0 Å². The first-order chi connectivity index (χ1) is 5.70. The number of carbonyl (C=O) groups is 1. The van der Waals surface area contributed by atoms with Gasteiger partial charge in [0.05, 0.1) is 6.42 Å². The number of carboxylic acid groups (broad SMARTS) is 1. The van der Waals surface area contributed by atoms with E-state index in [1.54, 1.807) is 6.08 Å². The molecule has 0 amide bonds. The second kappa shape index (κ2) is 7.13. The zero-order valence-corrected chi connectivity index (χ0v) is 7.92. The summed E-state index contributed by atoms with van der Waals surface area (Å²) >= 11 is 5.34. The third-order valence-electron chi connectivity index (χ3n) is 1.54. The van der Waals surface area contributed by atoms with Gasteiger partial charge in [-0.15, -0.1) is 0 Å². The molecule has 3 nitrogen and oxygen atoms in total. The first kappa shape index (κ1) is 11.5. The van der Waals surface area contributed by atoms with Crippen LogP contribution in [0.5, 0.6) is 0 Å². The highest BCUT2D eigenvalue weighted by Crippen LogP contribution is 1.92. The first-order valence-corrected chi connectivity index (χ1v) is 4.33. The Morgan fingerprint density at radius 1 is 1.67 bits per heavy atom. The highest BCUT2D eigenvalue weighted by Gasteiger charge is 2.02. The standard InChI is InChI=1S/C8H14ClNO2/c1-2-10(6-3-5-9)7-4-8(11)12/h3,5H,2,4,6-7H2,1H3,(H,11,12)/b5-3+. The van der Waals surface area contributed by atoms with Crippen molar-refractivity contribution in [2.45, 2.75) is 13.3 Å². The minimum atomic E-state index is -0.761. The molecule has 0 spiro atoms. The number of aliphatic carboxylic acids is 1. The number of nitrogens with zero attached hydrogens (tertiary/aromatic N) is 1. The highest BCUT2D eigenvalue weighted by atomic mass is 35.5. The van der Waals surface area contributed by atoms with Crippen molar-refractivity contribution in [2.75, 3.05) is 19.6 Å². The van der Waals surface area contributed by atoms with Crippen molar-refractivity contribution in [3.05, 3.63) is 11.6 Å². The third-order valence-corrected chi connectivity index (χ3v) is 1.72. The van der Waals surface area contributed by atoms with E-state index in [0.29, 0.717) is 13.1 Å². The van der Waals surface area contributed by atoms with Gasteiger partial charge in [-0.25, -0.2) is 0 Å². The Bertz CT molecular complexity index is 159. The summed E-state index contributed by atoms with van der Waals surface area (Å²) in [7, 11) is 0. The van der Waals surface area contributed by atoms with E-state index in [9.17, 15) is 4.79 Å². The quantitative estimate of drug-likeness (QED) is 0.693. The number of rotatable bonds is 6. The molecule has 0 aromatic rings. The van der Waals surface area contributed by atoms with Crippen molar-refractivity contribution < 1.29 is 9.90 Å². The van der Waals surface area contributed by atoms with E-state index in [2.05, 4.69) is 0 Å². The molecule has 0 aliphatic rings. The van der Waals surface area contributed by atoms with Crippen LogP contribution in [0.25, 0.3) is 0 Å². The monoisotopic (exact) mass is 191 g/mol. The number of halogens is 1. The van der Waals surface area contributed by atoms with Crippen molar-refractivity contribution in [1.29, 1.82) is 0 Å². The smallest absolute Gasteiger partial charge is 0.304 e. The first-order valence-electron chi connectivity index (χ1n) is 3.90. The predicted molar refractivity (Wildman–Crippen MR) is 49.4 cm³/mol. The van der Waals surface area contributed by atoms with Gasteiger partial charge in [0.1, 0.15) is 0 Å². The molecule has 0 heterocycles. The Morgan fingerprint density at radius 2 is 2.33 bits per heavy atom. The molecule has 0 fully saturated rings. The van der Waals surface area contributed by atoms with Crippen LogP contribution >= 0.6 is 11.6 Å². The summed E-state index contributed by atoms with van der Waals surface area (Å²) in [5.74, 6) is -0.761. The van der Waals surface area contributed by atoms with E-state index in [-0.39, 0.29) is 6.42 Å². The molecule has 4 heteroatoms. The molecule has 0 atom stereocenters. The zero-order chi connectivity index (χ0) is 9.40. The molecule has 0 rings (SSSR count). The number of likely N-dealkylation sites (N-methyl/N-ethyl adjacent to an activating group) is 1. The van der Waals surface area contributed by atoms with Crippen LogP contribution < -0.4 is 0 Å². The fraction of sp³-hybridized carbons (Fsp3) is 0.625. The Morgan fingerprint density at radius 3 is 2.75 bits per heavy atom. The Balaban J connectivity index is 3.59. The van der Waals surface area contributed by atoms with E-state index < -0.39 is 5.97 Å². The van der Waals surface area contributed by atoms with Gasteiger partial charge in [-0.1, -0.05) is 24.6 Å². The van der Waals surface area contributed by atoms with Crippen molar-refractivity contribution in [1.82, 2.24) is 4.90 Å². The van der Waals surface area contributed by atoms with Gasteiger partial charge in [-0.3, -0.25) is 9.69 Å². The van der Waals surface area contributed by atoms with Crippen LogP contribution in [0, 0.1) is 0 Å². The van der Waals surface area contributed by atoms with Crippen molar-refractivity contribution in [2.24, 2.45) is 0 Å². The Hall–Kier alpha value is -0.540. The third kappa shape index (κ3) is 6.19. The summed E-state index contributed by atoms with van der Waals surface area (Å²) in [5, 5.41) is 8.41. The normalized spacial score (nSPS) is 11.2. The van der Waals surface area contributed by atoms with Crippen molar-refractivity contribution in [3.8, 4) is 0 Å². The summed E-state index contributed by atoms with van der Waals surface area (Å²) in [6.07, 6.45) is 1.98. The SMILES string of the molecule is CCN(C/C=C/Cl)CCC(=O)O. The molecule has 0 aliphatic heterocycles. The van der Waals surface area contributed by atoms with Gasteiger partial charge in [-0.05, 0) is 6.54 Å². The summed E-state index contributed by atoms with van der Waals surface area (Å²) in [4.78, 5) is 12.2. The molecule has 12 heavy (non-hydrogen) atoms. The number of hydrogen-bond donors (Lipinski definition) is 1. The topological polar surface area (TPSA) is 40.5 Å². The lowest BCUT2D eigenvalue weighted by atomic mass is 10.3. The summed E-state index contributed by atoms with van der Waals surface area (Å²) in [5.41, 5.74) is 1.45. The minimum Gasteiger partial charge on any atom is -0.481 e. The molecular weight excluding hydrogens is 178 g/mol. The molecule has 1 N–H and O–H groups in total. The van der Waals surface area contributed by atoms with Crippen molar-refractivity contribution in [3.63, 3.8) is 0 Å². The van der Waals surface area contributed by atoms with Gasteiger partial charge in [0.2, 0.25) is 0 Å². The van der Waals surface area contributed by atoms with Crippen LogP contribution in [0.3, 0.4) is 0 Å². The molecule has 0 aromatic heterocycles. The Labute approximate surface area is 77.6 Å². The van der Waals surface area contributed by atoms with Gasteiger partial charge in [0, 0.05) is 18.6 Å². The minimum absolute atomic E-state index is 0.184. The maximum atomic E-state index is 10.2. The Kier molecular flexibility index (Phi) is 6.81. The molecular formula is C8H14ClNO2. The number of carboxylic acids is 1. The lowest BCUT2D eigenvalue weighted by Gasteiger charge is -2.16. The van der Waals surface area contributed by atoms with Crippen LogP contribution in [0.1, 0.15) is 13.3 Å². The molecule has 0 unspecified atom stereocenters. The van der Waals surface area contributed by atoms with Gasteiger partial charge in [0.15, 0.2) is 0 Å². The van der Waals surface area contributed by atoms with Gasteiger partial charge in [0.25, 0.3) is 0 Å². The maximum Gasteiger partial charge on any atom is 0.304 e. The molecule has 0 bridgehead atoms. The molecule has 0 radical (unpaired) electrons. The fourth-order valence-corrected chi connectivity index (χ4v) is 0.901. The van der Waals surface area contributed by atoms with Gasteiger partial charge >= 0.3 is 5.97 Å². The molecule has 0 aliphatic carbocycles. The summed E-state index contributed by atoms with van der Waals surface area (Å²) in [6, 6.07) is 0. The highest BCUT2D eigenvalue weighted by molar-refractivity contribution is 6.25. The van der Waals surface area contributed by atoms with Crippen LogP contribution in [-0.4, -0.2) is 35.6 Å². The summed E-state index contributed by atoms with van der Waals surface area (Å²) in [6.45, 7) is 4.12.